The van der Waals surface area contributed by atoms with Crippen LogP contribution in [0.5, 0.6) is 0 Å². The number of hydrogen-bond donors (Lipinski definition) is 1. The van der Waals surface area contributed by atoms with Gasteiger partial charge in [0.25, 0.3) is 0 Å². The summed E-state index contributed by atoms with van der Waals surface area (Å²) in [5.74, 6) is 0.946. The van der Waals surface area contributed by atoms with E-state index < -0.39 is 0 Å². The first-order valence-electron chi connectivity index (χ1n) is 5.28. The summed E-state index contributed by atoms with van der Waals surface area (Å²) in [5, 5.41) is 0.223. The van der Waals surface area contributed by atoms with Crippen molar-refractivity contribution in [2.45, 2.75) is 25.8 Å². The topological polar surface area (TPSA) is 26.0 Å². The molecule has 1 nitrogen and oxygen atoms in total. The minimum atomic E-state index is -0.356. The average Bonchev–Trinajstić information content (AvgIpc) is 2.91. The molecule has 0 aromatic heterocycles. The van der Waals surface area contributed by atoms with Gasteiger partial charge in [-0.2, -0.15) is 0 Å². The number of hydrogen-bond acceptors (Lipinski definition) is 1. The molecule has 15 heavy (non-hydrogen) atoms. The van der Waals surface area contributed by atoms with Crippen LogP contribution in [0.4, 0.5) is 4.39 Å². The van der Waals surface area contributed by atoms with E-state index in [1.165, 1.54) is 12.5 Å². The van der Waals surface area contributed by atoms with Crippen LogP contribution in [-0.2, 0) is 6.42 Å². The van der Waals surface area contributed by atoms with Gasteiger partial charge in [0.05, 0.1) is 5.02 Å². The molecule has 0 amide bonds. The van der Waals surface area contributed by atoms with Crippen molar-refractivity contribution in [3.8, 4) is 0 Å². The Morgan fingerprint density at radius 2 is 2.27 bits per heavy atom. The van der Waals surface area contributed by atoms with E-state index >= 15 is 0 Å². The van der Waals surface area contributed by atoms with E-state index in [0.29, 0.717) is 18.3 Å². The van der Waals surface area contributed by atoms with Gasteiger partial charge in [0.1, 0.15) is 5.82 Å². The zero-order chi connectivity index (χ0) is 11.0. The third-order valence-electron chi connectivity index (χ3n) is 3.21. The van der Waals surface area contributed by atoms with Crippen LogP contribution < -0.4 is 5.73 Å². The Labute approximate surface area is 94.4 Å². The SMILES string of the molecule is CC1CC1C(N)Cc1cccc(F)c1Cl. The van der Waals surface area contributed by atoms with E-state index in [1.54, 1.807) is 6.07 Å². The summed E-state index contributed by atoms with van der Waals surface area (Å²) < 4.78 is 13.2. The Bertz CT molecular complexity index is 367. The van der Waals surface area contributed by atoms with Crippen LogP contribution in [0.3, 0.4) is 0 Å². The molecule has 1 saturated carbocycles. The van der Waals surface area contributed by atoms with Crippen molar-refractivity contribution >= 4 is 11.6 Å². The van der Waals surface area contributed by atoms with Gasteiger partial charge in [-0.3, -0.25) is 0 Å². The van der Waals surface area contributed by atoms with Crippen molar-refractivity contribution in [2.75, 3.05) is 0 Å². The predicted molar refractivity (Wildman–Crippen MR) is 60.4 cm³/mol. The summed E-state index contributed by atoms with van der Waals surface area (Å²) in [6.45, 7) is 2.19. The van der Waals surface area contributed by atoms with E-state index in [-0.39, 0.29) is 16.9 Å². The molecule has 0 heterocycles. The van der Waals surface area contributed by atoms with Gasteiger partial charge in [-0.1, -0.05) is 30.7 Å². The van der Waals surface area contributed by atoms with E-state index in [1.807, 2.05) is 6.07 Å². The monoisotopic (exact) mass is 227 g/mol. The Hall–Kier alpha value is -0.600. The van der Waals surface area contributed by atoms with Gasteiger partial charge >= 0.3 is 0 Å². The average molecular weight is 228 g/mol. The number of halogens is 2. The molecular formula is C12H15ClFN. The van der Waals surface area contributed by atoms with Crippen LogP contribution in [0.15, 0.2) is 18.2 Å². The molecular weight excluding hydrogens is 213 g/mol. The number of nitrogens with two attached hydrogens (primary N) is 1. The molecule has 0 saturated heterocycles. The van der Waals surface area contributed by atoms with Crippen molar-refractivity contribution in [1.29, 1.82) is 0 Å². The highest BCUT2D eigenvalue weighted by atomic mass is 35.5. The Morgan fingerprint density at radius 1 is 1.60 bits per heavy atom. The lowest BCUT2D eigenvalue weighted by atomic mass is 10.0. The Kier molecular flexibility index (Phi) is 2.98. The van der Waals surface area contributed by atoms with E-state index in [0.717, 1.165) is 5.56 Å². The summed E-state index contributed by atoms with van der Waals surface area (Å²) in [7, 11) is 0. The van der Waals surface area contributed by atoms with Crippen molar-refractivity contribution in [3.63, 3.8) is 0 Å². The fraction of sp³-hybridized carbons (Fsp3) is 0.500. The van der Waals surface area contributed by atoms with E-state index in [2.05, 4.69) is 6.92 Å². The first-order chi connectivity index (χ1) is 7.09. The minimum Gasteiger partial charge on any atom is -0.327 e. The zero-order valence-corrected chi connectivity index (χ0v) is 9.47. The van der Waals surface area contributed by atoms with Gasteiger partial charge in [0.15, 0.2) is 0 Å². The summed E-state index contributed by atoms with van der Waals surface area (Å²) in [6.07, 6.45) is 1.86. The molecule has 1 aromatic rings. The number of benzene rings is 1. The molecule has 0 aliphatic heterocycles. The second-order valence-electron chi connectivity index (χ2n) is 4.46. The summed E-state index contributed by atoms with van der Waals surface area (Å²) in [5.41, 5.74) is 6.86. The van der Waals surface area contributed by atoms with Crippen LogP contribution in [0, 0.1) is 17.7 Å². The summed E-state index contributed by atoms with van der Waals surface area (Å²) >= 11 is 5.87. The molecule has 0 radical (unpaired) electrons. The molecule has 0 bridgehead atoms. The van der Waals surface area contributed by atoms with Crippen LogP contribution in [-0.4, -0.2) is 6.04 Å². The molecule has 1 fully saturated rings. The third-order valence-corrected chi connectivity index (χ3v) is 3.63. The van der Waals surface area contributed by atoms with Gasteiger partial charge in [-0.15, -0.1) is 0 Å². The van der Waals surface area contributed by atoms with Gasteiger partial charge < -0.3 is 5.73 Å². The summed E-state index contributed by atoms with van der Waals surface area (Å²) in [6, 6.07) is 5.01. The lowest BCUT2D eigenvalue weighted by Crippen LogP contribution is -2.26. The second-order valence-corrected chi connectivity index (χ2v) is 4.84. The zero-order valence-electron chi connectivity index (χ0n) is 8.71. The first-order valence-corrected chi connectivity index (χ1v) is 5.66. The molecule has 3 unspecified atom stereocenters. The Balaban J connectivity index is 2.07. The molecule has 2 N–H and O–H groups in total. The van der Waals surface area contributed by atoms with Crippen LogP contribution >= 0.6 is 11.6 Å². The smallest absolute Gasteiger partial charge is 0.142 e. The largest absolute Gasteiger partial charge is 0.327 e. The van der Waals surface area contributed by atoms with Crippen LogP contribution in [0.2, 0.25) is 5.02 Å². The number of rotatable bonds is 3. The molecule has 0 spiro atoms. The van der Waals surface area contributed by atoms with Crippen LogP contribution in [0.1, 0.15) is 18.9 Å². The van der Waals surface area contributed by atoms with Crippen LogP contribution in [0.25, 0.3) is 0 Å². The van der Waals surface area contributed by atoms with Crippen molar-refractivity contribution in [1.82, 2.24) is 0 Å². The van der Waals surface area contributed by atoms with Crippen molar-refractivity contribution in [2.24, 2.45) is 17.6 Å². The molecule has 1 aliphatic carbocycles. The summed E-state index contributed by atoms with van der Waals surface area (Å²) in [4.78, 5) is 0. The van der Waals surface area contributed by atoms with E-state index in [9.17, 15) is 4.39 Å². The van der Waals surface area contributed by atoms with Gasteiger partial charge in [0, 0.05) is 6.04 Å². The fourth-order valence-corrected chi connectivity index (χ4v) is 2.26. The van der Waals surface area contributed by atoms with Crippen molar-refractivity contribution < 1.29 is 4.39 Å². The molecule has 1 aliphatic rings. The maximum Gasteiger partial charge on any atom is 0.142 e. The van der Waals surface area contributed by atoms with Gasteiger partial charge in [-0.25, -0.2) is 4.39 Å². The molecule has 2 rings (SSSR count). The molecule has 1 aromatic carbocycles. The second kappa shape index (κ2) is 4.11. The normalized spacial score (nSPS) is 26.4. The standard InChI is InChI=1S/C12H15ClFN/c1-7-5-9(7)11(15)6-8-3-2-4-10(14)12(8)13/h2-4,7,9,11H,5-6,15H2,1H3. The highest BCUT2D eigenvalue weighted by Gasteiger charge is 2.37. The maximum atomic E-state index is 13.2. The van der Waals surface area contributed by atoms with E-state index in [4.69, 9.17) is 17.3 Å². The molecule has 82 valence electrons. The van der Waals surface area contributed by atoms with Gasteiger partial charge in [0.2, 0.25) is 0 Å². The third kappa shape index (κ3) is 2.32. The van der Waals surface area contributed by atoms with Crippen molar-refractivity contribution in [3.05, 3.63) is 34.6 Å². The fourth-order valence-electron chi connectivity index (χ4n) is 2.06. The predicted octanol–water partition coefficient (Wildman–Crippen LogP) is 3.00. The Morgan fingerprint density at radius 3 is 2.87 bits per heavy atom. The molecule has 3 atom stereocenters. The minimum absolute atomic E-state index is 0.110. The quantitative estimate of drug-likeness (QED) is 0.844. The first kappa shape index (κ1) is 10.9. The van der Waals surface area contributed by atoms with Gasteiger partial charge in [-0.05, 0) is 36.3 Å². The molecule has 3 heteroatoms. The maximum absolute atomic E-state index is 13.2. The lowest BCUT2D eigenvalue weighted by molar-refractivity contribution is 0.556. The lowest BCUT2D eigenvalue weighted by Gasteiger charge is -2.12. The highest BCUT2D eigenvalue weighted by molar-refractivity contribution is 6.31. The highest BCUT2D eigenvalue weighted by Crippen LogP contribution is 2.41.